The Morgan fingerprint density at radius 3 is 2.14 bits per heavy atom. The highest BCUT2D eigenvalue weighted by Crippen LogP contribution is 2.19. The molecule has 5 nitrogen and oxygen atoms in total. The van der Waals surface area contributed by atoms with Gasteiger partial charge in [0.25, 0.3) is 5.91 Å². The summed E-state index contributed by atoms with van der Waals surface area (Å²) in [4.78, 5) is 28.7. The zero-order valence-corrected chi connectivity index (χ0v) is 21.5. The fourth-order valence-electron chi connectivity index (χ4n) is 3.66. The lowest BCUT2D eigenvalue weighted by molar-refractivity contribution is -0.143. The number of hydrogen-bond acceptors (Lipinski definition) is 3. The molecule has 2 amide bonds. The standard InChI is InChI=1S/C29H33ClN2O3/c1-21-10-16-25(17-11-21)35-20-27(33)32(19-23-12-14-24(30)15-13-23)26(28(34)31-29(2,3)4)18-22-8-6-5-7-9-22/h5-17,26H,18-20H2,1-4H3,(H,31,34)/t26-/m1/s1. The quantitative estimate of drug-likeness (QED) is 0.424. The third-order valence-electron chi connectivity index (χ3n) is 5.42. The second kappa shape index (κ2) is 11.9. The smallest absolute Gasteiger partial charge is 0.261 e. The number of nitrogens with zero attached hydrogens (tertiary/aromatic N) is 1. The van der Waals surface area contributed by atoms with Crippen LogP contribution in [0.15, 0.2) is 78.9 Å². The van der Waals surface area contributed by atoms with Crippen molar-refractivity contribution in [2.75, 3.05) is 6.61 Å². The number of amides is 2. The van der Waals surface area contributed by atoms with E-state index in [9.17, 15) is 9.59 Å². The van der Waals surface area contributed by atoms with Crippen LogP contribution in [0.25, 0.3) is 0 Å². The van der Waals surface area contributed by atoms with Crippen molar-refractivity contribution in [1.29, 1.82) is 0 Å². The van der Waals surface area contributed by atoms with Crippen LogP contribution in [0.2, 0.25) is 5.02 Å². The van der Waals surface area contributed by atoms with Gasteiger partial charge in [-0.1, -0.05) is 71.8 Å². The number of rotatable bonds is 9. The van der Waals surface area contributed by atoms with Crippen LogP contribution < -0.4 is 10.1 Å². The first-order chi connectivity index (χ1) is 16.6. The molecule has 0 unspecified atom stereocenters. The fourth-order valence-corrected chi connectivity index (χ4v) is 3.78. The molecule has 184 valence electrons. The van der Waals surface area contributed by atoms with E-state index >= 15 is 0 Å². The van der Waals surface area contributed by atoms with Gasteiger partial charge in [-0.2, -0.15) is 0 Å². The average Bonchev–Trinajstić information content (AvgIpc) is 2.81. The molecular formula is C29H33ClN2O3. The molecule has 35 heavy (non-hydrogen) atoms. The van der Waals surface area contributed by atoms with Gasteiger partial charge < -0.3 is 15.0 Å². The van der Waals surface area contributed by atoms with Crippen LogP contribution in [-0.4, -0.2) is 34.9 Å². The van der Waals surface area contributed by atoms with Gasteiger partial charge in [0.05, 0.1) is 0 Å². The summed E-state index contributed by atoms with van der Waals surface area (Å²) in [6.45, 7) is 7.85. The van der Waals surface area contributed by atoms with E-state index in [0.29, 0.717) is 17.2 Å². The molecule has 3 rings (SSSR count). The molecule has 3 aromatic carbocycles. The first kappa shape index (κ1) is 26.3. The van der Waals surface area contributed by atoms with Crippen LogP contribution in [0.5, 0.6) is 5.75 Å². The van der Waals surface area contributed by atoms with E-state index in [1.54, 1.807) is 17.0 Å². The molecule has 0 aliphatic heterocycles. The Kier molecular flexibility index (Phi) is 8.94. The van der Waals surface area contributed by atoms with Gasteiger partial charge in [-0.3, -0.25) is 9.59 Å². The number of benzene rings is 3. The summed E-state index contributed by atoms with van der Waals surface area (Å²) < 4.78 is 5.80. The number of carbonyl (C=O) groups excluding carboxylic acids is 2. The first-order valence-electron chi connectivity index (χ1n) is 11.7. The molecule has 1 N–H and O–H groups in total. The maximum absolute atomic E-state index is 13.6. The maximum atomic E-state index is 13.6. The summed E-state index contributed by atoms with van der Waals surface area (Å²) in [6.07, 6.45) is 0.382. The van der Waals surface area contributed by atoms with Gasteiger partial charge in [0, 0.05) is 23.5 Å². The topological polar surface area (TPSA) is 58.6 Å². The van der Waals surface area contributed by atoms with Crippen LogP contribution >= 0.6 is 11.6 Å². The number of hydrogen-bond donors (Lipinski definition) is 1. The number of halogens is 1. The molecule has 1 atom stereocenters. The van der Waals surface area contributed by atoms with Gasteiger partial charge >= 0.3 is 0 Å². The molecular weight excluding hydrogens is 460 g/mol. The third kappa shape index (κ3) is 8.45. The van der Waals surface area contributed by atoms with Crippen LogP contribution in [0.4, 0.5) is 0 Å². The number of carbonyl (C=O) groups is 2. The summed E-state index contributed by atoms with van der Waals surface area (Å²) in [6, 6.07) is 23.8. The van der Waals surface area contributed by atoms with Crippen LogP contribution in [0.3, 0.4) is 0 Å². The molecule has 3 aromatic rings. The van der Waals surface area contributed by atoms with Crippen molar-refractivity contribution in [3.8, 4) is 5.75 Å². The van der Waals surface area contributed by atoms with Gasteiger partial charge in [0.2, 0.25) is 5.91 Å². The van der Waals surface area contributed by atoms with Crippen molar-refractivity contribution >= 4 is 23.4 Å². The lowest BCUT2D eigenvalue weighted by atomic mass is 10.0. The summed E-state index contributed by atoms with van der Waals surface area (Å²) >= 11 is 6.07. The normalized spacial score (nSPS) is 12.0. The average molecular weight is 493 g/mol. The van der Waals surface area contributed by atoms with E-state index in [-0.39, 0.29) is 25.0 Å². The Morgan fingerprint density at radius 2 is 1.54 bits per heavy atom. The predicted octanol–water partition coefficient (Wildman–Crippen LogP) is 5.58. The molecule has 0 spiro atoms. The SMILES string of the molecule is Cc1ccc(OCC(=O)N(Cc2ccc(Cl)cc2)[C@H](Cc2ccccc2)C(=O)NC(C)(C)C)cc1. The minimum atomic E-state index is -0.721. The zero-order chi connectivity index (χ0) is 25.4. The highest BCUT2D eigenvalue weighted by Gasteiger charge is 2.32. The second-order valence-corrected chi connectivity index (χ2v) is 10.1. The second-order valence-electron chi connectivity index (χ2n) is 9.69. The minimum Gasteiger partial charge on any atom is -0.484 e. The van der Waals surface area contributed by atoms with Crippen molar-refractivity contribution in [1.82, 2.24) is 10.2 Å². The molecule has 0 saturated carbocycles. The minimum absolute atomic E-state index is 0.176. The lowest BCUT2D eigenvalue weighted by Crippen LogP contribution is -2.55. The summed E-state index contributed by atoms with van der Waals surface area (Å²) in [5, 5.41) is 3.67. The molecule has 0 radical (unpaired) electrons. The Morgan fingerprint density at radius 1 is 0.914 bits per heavy atom. The number of ether oxygens (including phenoxy) is 1. The highest BCUT2D eigenvalue weighted by molar-refractivity contribution is 6.30. The van der Waals surface area contributed by atoms with E-state index in [4.69, 9.17) is 16.3 Å². The summed E-state index contributed by atoms with van der Waals surface area (Å²) in [5.41, 5.74) is 2.50. The number of nitrogens with one attached hydrogen (secondary N) is 1. The molecule has 0 aliphatic carbocycles. The molecule has 0 fully saturated rings. The van der Waals surface area contributed by atoms with Gasteiger partial charge in [-0.05, 0) is 63.1 Å². The highest BCUT2D eigenvalue weighted by atomic mass is 35.5. The lowest BCUT2D eigenvalue weighted by Gasteiger charge is -2.33. The number of aryl methyl sites for hydroxylation is 1. The van der Waals surface area contributed by atoms with Gasteiger partial charge in [0.1, 0.15) is 11.8 Å². The Balaban J connectivity index is 1.91. The van der Waals surface area contributed by atoms with E-state index in [1.165, 1.54) is 0 Å². The molecule has 0 bridgehead atoms. The third-order valence-corrected chi connectivity index (χ3v) is 5.67. The maximum Gasteiger partial charge on any atom is 0.261 e. The van der Waals surface area contributed by atoms with Crippen molar-refractivity contribution in [2.24, 2.45) is 0 Å². The van der Waals surface area contributed by atoms with Crippen LogP contribution in [0, 0.1) is 6.92 Å². The fraction of sp³-hybridized carbons (Fsp3) is 0.310. The van der Waals surface area contributed by atoms with Gasteiger partial charge in [-0.15, -0.1) is 0 Å². The molecule has 6 heteroatoms. The molecule has 0 aromatic heterocycles. The monoisotopic (exact) mass is 492 g/mol. The molecule has 0 saturated heterocycles. The summed E-state index contributed by atoms with van der Waals surface area (Å²) in [5.74, 6) is 0.124. The van der Waals surface area contributed by atoms with Gasteiger partial charge in [0.15, 0.2) is 6.61 Å². The zero-order valence-electron chi connectivity index (χ0n) is 20.8. The molecule has 0 heterocycles. The Hall–Kier alpha value is -3.31. The first-order valence-corrected chi connectivity index (χ1v) is 12.1. The van der Waals surface area contributed by atoms with Crippen molar-refractivity contribution in [2.45, 2.75) is 52.2 Å². The van der Waals surface area contributed by atoms with E-state index in [0.717, 1.165) is 16.7 Å². The van der Waals surface area contributed by atoms with Crippen molar-refractivity contribution in [3.05, 3.63) is 101 Å². The van der Waals surface area contributed by atoms with Crippen LogP contribution in [-0.2, 0) is 22.6 Å². The Labute approximate surface area is 213 Å². The Bertz CT molecular complexity index is 1110. The largest absolute Gasteiger partial charge is 0.484 e. The van der Waals surface area contributed by atoms with Gasteiger partial charge in [-0.25, -0.2) is 0 Å². The predicted molar refractivity (Wildman–Crippen MR) is 141 cm³/mol. The van der Waals surface area contributed by atoms with E-state index in [1.807, 2.05) is 94.4 Å². The van der Waals surface area contributed by atoms with Crippen LogP contribution in [0.1, 0.15) is 37.5 Å². The van der Waals surface area contributed by atoms with Crippen molar-refractivity contribution in [3.63, 3.8) is 0 Å². The van der Waals surface area contributed by atoms with E-state index < -0.39 is 11.6 Å². The molecule has 0 aliphatic rings. The summed E-state index contributed by atoms with van der Waals surface area (Å²) in [7, 11) is 0. The van der Waals surface area contributed by atoms with Crippen molar-refractivity contribution < 1.29 is 14.3 Å². The van der Waals surface area contributed by atoms with E-state index in [2.05, 4.69) is 5.32 Å².